The van der Waals surface area contributed by atoms with Crippen molar-refractivity contribution in [3.63, 3.8) is 0 Å². The molecule has 0 atom stereocenters. The lowest BCUT2D eigenvalue weighted by molar-refractivity contribution is -0.121. The first-order valence-corrected chi connectivity index (χ1v) is 9.01. The van der Waals surface area contributed by atoms with Gasteiger partial charge in [-0.25, -0.2) is 0 Å². The molecule has 6 nitrogen and oxygen atoms in total. The molecule has 0 spiro atoms. The molecule has 0 unspecified atom stereocenters. The molecule has 25 heavy (non-hydrogen) atoms. The second-order valence-electron chi connectivity index (χ2n) is 6.49. The number of aryl methyl sites for hydroxylation is 1. The molecule has 1 aliphatic carbocycles. The molecule has 1 N–H and O–H groups in total. The Hall–Kier alpha value is -2.37. The maximum atomic E-state index is 12.1. The lowest BCUT2D eigenvalue weighted by Gasteiger charge is -2.15. The van der Waals surface area contributed by atoms with Gasteiger partial charge in [-0.1, -0.05) is 25.7 Å². The fourth-order valence-corrected chi connectivity index (χ4v) is 3.15. The minimum atomic E-state index is 0.0658. The molecule has 1 amide bonds. The Balaban J connectivity index is 1.49. The van der Waals surface area contributed by atoms with Crippen LogP contribution >= 0.6 is 0 Å². The number of benzene rings is 1. The van der Waals surface area contributed by atoms with E-state index in [1.165, 1.54) is 25.7 Å². The van der Waals surface area contributed by atoms with Crippen LogP contribution in [0.3, 0.4) is 0 Å². The first-order valence-electron chi connectivity index (χ1n) is 9.01. The van der Waals surface area contributed by atoms with Crippen LogP contribution in [0.1, 0.15) is 50.8 Å². The van der Waals surface area contributed by atoms with Crippen molar-refractivity contribution in [2.24, 2.45) is 0 Å². The highest BCUT2D eigenvalue weighted by molar-refractivity contribution is 5.76. The third-order valence-corrected chi connectivity index (χ3v) is 4.59. The maximum Gasteiger partial charge on any atom is 0.247 e. The van der Waals surface area contributed by atoms with Gasteiger partial charge in [0.05, 0.1) is 7.11 Å². The number of nitrogens with zero attached hydrogens (tertiary/aromatic N) is 2. The maximum absolute atomic E-state index is 12.1. The highest BCUT2D eigenvalue weighted by Gasteiger charge is 2.16. The Kier molecular flexibility index (Phi) is 6.04. The van der Waals surface area contributed by atoms with Crippen molar-refractivity contribution in [3.05, 3.63) is 30.2 Å². The minimum Gasteiger partial charge on any atom is -0.497 e. The average Bonchev–Trinajstić information content (AvgIpc) is 2.97. The Labute approximate surface area is 148 Å². The van der Waals surface area contributed by atoms with Gasteiger partial charge in [-0.3, -0.25) is 4.79 Å². The molecule has 0 aliphatic heterocycles. The Morgan fingerprint density at radius 2 is 1.88 bits per heavy atom. The van der Waals surface area contributed by atoms with Crippen LogP contribution in [0.2, 0.25) is 0 Å². The average molecular weight is 343 g/mol. The van der Waals surface area contributed by atoms with Crippen molar-refractivity contribution in [2.75, 3.05) is 7.11 Å². The van der Waals surface area contributed by atoms with Crippen LogP contribution in [0.25, 0.3) is 11.5 Å². The molecule has 1 aromatic carbocycles. The number of carbonyl (C=O) groups excluding carboxylic acids is 1. The summed E-state index contributed by atoms with van der Waals surface area (Å²) in [6.07, 6.45) is 7.99. The molecule has 1 aliphatic rings. The summed E-state index contributed by atoms with van der Waals surface area (Å²) < 4.78 is 10.8. The number of ether oxygens (including phenoxy) is 1. The zero-order chi connectivity index (χ0) is 17.5. The SMILES string of the molecule is COc1ccc(-c2nnc(CCC(=O)NC3CCCCCC3)o2)cc1. The highest BCUT2D eigenvalue weighted by atomic mass is 16.5. The predicted octanol–water partition coefficient (Wildman–Crippen LogP) is 3.52. The van der Waals surface area contributed by atoms with Gasteiger partial charge in [0.25, 0.3) is 0 Å². The van der Waals surface area contributed by atoms with Crippen LogP contribution in [0, 0.1) is 0 Å². The van der Waals surface area contributed by atoms with E-state index in [9.17, 15) is 4.79 Å². The molecular weight excluding hydrogens is 318 g/mol. The Bertz CT molecular complexity index is 673. The van der Waals surface area contributed by atoms with Gasteiger partial charge in [0.2, 0.25) is 17.7 Å². The number of aromatic nitrogens is 2. The summed E-state index contributed by atoms with van der Waals surface area (Å²) in [5, 5.41) is 11.2. The van der Waals surface area contributed by atoms with E-state index in [0.29, 0.717) is 30.7 Å². The standard InChI is InChI=1S/C19H25N3O3/c1-24-16-10-8-14(9-11-16)19-22-21-18(25-19)13-12-17(23)20-15-6-4-2-3-5-7-15/h8-11,15H,2-7,12-13H2,1H3,(H,20,23). The number of hydrogen-bond donors (Lipinski definition) is 1. The molecule has 3 rings (SSSR count). The number of amides is 1. The first-order chi connectivity index (χ1) is 12.2. The van der Waals surface area contributed by atoms with Gasteiger partial charge in [-0.2, -0.15) is 0 Å². The number of nitrogens with one attached hydrogen (secondary N) is 1. The van der Waals surface area contributed by atoms with Gasteiger partial charge in [0, 0.05) is 24.4 Å². The number of methoxy groups -OCH3 is 1. The summed E-state index contributed by atoms with van der Waals surface area (Å²) >= 11 is 0. The summed E-state index contributed by atoms with van der Waals surface area (Å²) in [5.41, 5.74) is 0.836. The third-order valence-electron chi connectivity index (χ3n) is 4.59. The van der Waals surface area contributed by atoms with Gasteiger partial charge in [-0.15, -0.1) is 10.2 Å². The lowest BCUT2D eigenvalue weighted by atomic mass is 10.1. The van der Waals surface area contributed by atoms with E-state index < -0.39 is 0 Å². The van der Waals surface area contributed by atoms with Crippen LogP contribution in [-0.4, -0.2) is 29.3 Å². The molecular formula is C19H25N3O3. The summed E-state index contributed by atoms with van der Waals surface area (Å²) in [7, 11) is 1.62. The fourth-order valence-electron chi connectivity index (χ4n) is 3.15. The van der Waals surface area contributed by atoms with E-state index in [2.05, 4.69) is 15.5 Å². The molecule has 0 bridgehead atoms. The third kappa shape index (κ3) is 5.05. The van der Waals surface area contributed by atoms with Crippen molar-refractivity contribution < 1.29 is 13.9 Å². The van der Waals surface area contributed by atoms with Gasteiger partial charge in [-0.05, 0) is 37.1 Å². The van der Waals surface area contributed by atoms with E-state index in [4.69, 9.17) is 9.15 Å². The summed E-state index contributed by atoms with van der Waals surface area (Å²) in [5.74, 6) is 1.79. The van der Waals surface area contributed by atoms with Gasteiger partial charge in [0.1, 0.15) is 5.75 Å². The molecule has 134 valence electrons. The quantitative estimate of drug-likeness (QED) is 0.812. The Morgan fingerprint density at radius 3 is 2.56 bits per heavy atom. The van der Waals surface area contributed by atoms with E-state index in [0.717, 1.165) is 24.2 Å². The molecule has 1 saturated carbocycles. The minimum absolute atomic E-state index is 0.0658. The molecule has 1 fully saturated rings. The van der Waals surface area contributed by atoms with Crippen molar-refractivity contribution in [1.82, 2.24) is 15.5 Å². The molecule has 2 aromatic rings. The van der Waals surface area contributed by atoms with Crippen molar-refractivity contribution >= 4 is 5.91 Å². The lowest BCUT2D eigenvalue weighted by Crippen LogP contribution is -2.34. The van der Waals surface area contributed by atoms with Crippen molar-refractivity contribution in [2.45, 2.75) is 57.4 Å². The molecule has 1 heterocycles. The molecule has 1 aromatic heterocycles. The van der Waals surface area contributed by atoms with Crippen LogP contribution in [-0.2, 0) is 11.2 Å². The second-order valence-corrected chi connectivity index (χ2v) is 6.49. The van der Waals surface area contributed by atoms with Crippen LogP contribution in [0.15, 0.2) is 28.7 Å². The summed E-state index contributed by atoms with van der Waals surface area (Å²) in [4.78, 5) is 12.1. The normalized spacial score (nSPS) is 15.6. The molecule has 6 heteroatoms. The number of hydrogen-bond acceptors (Lipinski definition) is 5. The summed E-state index contributed by atoms with van der Waals surface area (Å²) in [6.45, 7) is 0. The van der Waals surface area contributed by atoms with Crippen molar-refractivity contribution in [3.8, 4) is 17.2 Å². The Morgan fingerprint density at radius 1 is 1.16 bits per heavy atom. The molecule has 0 saturated heterocycles. The van der Waals surface area contributed by atoms with E-state index in [1.54, 1.807) is 7.11 Å². The van der Waals surface area contributed by atoms with E-state index in [1.807, 2.05) is 24.3 Å². The monoisotopic (exact) mass is 343 g/mol. The number of rotatable bonds is 6. The van der Waals surface area contributed by atoms with E-state index >= 15 is 0 Å². The number of carbonyl (C=O) groups is 1. The fraction of sp³-hybridized carbons (Fsp3) is 0.526. The van der Waals surface area contributed by atoms with E-state index in [-0.39, 0.29) is 5.91 Å². The van der Waals surface area contributed by atoms with Gasteiger partial charge >= 0.3 is 0 Å². The zero-order valence-electron chi connectivity index (χ0n) is 14.7. The summed E-state index contributed by atoms with van der Waals surface area (Å²) in [6, 6.07) is 7.76. The zero-order valence-corrected chi connectivity index (χ0v) is 14.7. The topological polar surface area (TPSA) is 77.2 Å². The van der Waals surface area contributed by atoms with Gasteiger partial charge in [0.15, 0.2) is 0 Å². The van der Waals surface area contributed by atoms with Gasteiger partial charge < -0.3 is 14.5 Å². The first kappa shape index (κ1) is 17.5. The molecule has 0 radical (unpaired) electrons. The largest absolute Gasteiger partial charge is 0.497 e. The van der Waals surface area contributed by atoms with Crippen LogP contribution < -0.4 is 10.1 Å². The highest BCUT2D eigenvalue weighted by Crippen LogP contribution is 2.21. The van der Waals surface area contributed by atoms with Crippen LogP contribution in [0.5, 0.6) is 5.75 Å². The second kappa shape index (κ2) is 8.65. The smallest absolute Gasteiger partial charge is 0.247 e. The van der Waals surface area contributed by atoms with Crippen LogP contribution in [0.4, 0.5) is 0 Å². The van der Waals surface area contributed by atoms with Crippen molar-refractivity contribution in [1.29, 1.82) is 0 Å². The predicted molar refractivity (Wildman–Crippen MR) is 94.2 cm³/mol.